The summed E-state index contributed by atoms with van der Waals surface area (Å²) in [6, 6.07) is 5.71. The number of carbonyl (C=O) groups is 2. The van der Waals surface area contributed by atoms with E-state index in [-0.39, 0.29) is 29.2 Å². The molecule has 38 heavy (non-hydrogen) atoms. The number of nitrogens with one attached hydrogen (secondary N) is 2. The molecule has 9 nitrogen and oxygen atoms in total. The molecule has 2 aromatic rings. The van der Waals surface area contributed by atoms with Crippen LogP contribution in [-0.2, 0) is 11.3 Å². The summed E-state index contributed by atoms with van der Waals surface area (Å²) in [5.41, 5.74) is -1.83. The van der Waals surface area contributed by atoms with Crippen molar-refractivity contribution in [2.24, 2.45) is 0 Å². The van der Waals surface area contributed by atoms with Gasteiger partial charge in [-0.1, -0.05) is 12.1 Å². The molecule has 2 amide bonds. The Bertz CT molecular complexity index is 1290. The van der Waals surface area contributed by atoms with E-state index < -0.39 is 11.6 Å². The van der Waals surface area contributed by atoms with Crippen molar-refractivity contribution in [1.82, 2.24) is 24.2 Å². The van der Waals surface area contributed by atoms with Gasteiger partial charge in [-0.05, 0) is 41.6 Å². The minimum absolute atomic E-state index is 0.0305. The standard InChI is InChI=1S/C23H21F3N6O3S3/c24-23(25,26)37-18-3-1-15(2-4-18)13-35-22(34)31-9-7-30(8-10-31)21-29-19(14-36-21)20(33)28-16-5-6-32-17(11-16)12-27-38-32/h1-6,11-12,14,27H,7-10,13H2,(H,28,33). The Hall–Kier alpha value is -3.30. The molecule has 0 bridgehead atoms. The Kier molecular flexibility index (Phi) is 7.76. The molecule has 0 spiro atoms. The number of hydrogen-bond donors (Lipinski definition) is 2. The topological polar surface area (TPSA) is 90.0 Å². The number of rotatable bonds is 6. The lowest BCUT2D eigenvalue weighted by molar-refractivity contribution is -0.0328. The van der Waals surface area contributed by atoms with Gasteiger partial charge in [0.1, 0.15) is 12.3 Å². The van der Waals surface area contributed by atoms with E-state index >= 15 is 0 Å². The summed E-state index contributed by atoms with van der Waals surface area (Å²) in [5, 5.41) is 5.26. The number of thiazole rings is 1. The normalized spacial score (nSPS) is 17.0. The smallest absolute Gasteiger partial charge is 0.445 e. The van der Waals surface area contributed by atoms with Crippen LogP contribution in [0.25, 0.3) is 0 Å². The molecule has 1 aromatic heterocycles. The highest BCUT2D eigenvalue weighted by molar-refractivity contribution is 8.00. The third kappa shape index (κ3) is 6.57. The molecule has 1 saturated heterocycles. The monoisotopic (exact) mass is 582 g/mol. The van der Waals surface area contributed by atoms with Crippen molar-refractivity contribution in [2.45, 2.75) is 17.0 Å². The Balaban J connectivity index is 1.07. The van der Waals surface area contributed by atoms with Crippen LogP contribution in [0.2, 0.25) is 0 Å². The van der Waals surface area contributed by atoms with E-state index in [1.54, 1.807) is 10.3 Å². The number of allylic oxidation sites excluding steroid dienone is 2. The molecule has 1 aromatic carbocycles. The number of hydrogen-bond acceptors (Lipinski definition) is 10. The Morgan fingerprint density at radius 1 is 1.16 bits per heavy atom. The van der Waals surface area contributed by atoms with Gasteiger partial charge in [0, 0.05) is 54.6 Å². The van der Waals surface area contributed by atoms with Gasteiger partial charge < -0.3 is 24.6 Å². The fourth-order valence-electron chi connectivity index (χ4n) is 3.73. The molecule has 0 radical (unpaired) electrons. The summed E-state index contributed by atoms with van der Waals surface area (Å²) in [4.78, 5) is 33.3. The molecule has 0 saturated carbocycles. The number of halogens is 3. The molecule has 1 fully saturated rings. The van der Waals surface area contributed by atoms with Crippen LogP contribution in [0.5, 0.6) is 0 Å². The number of aromatic nitrogens is 1. The van der Waals surface area contributed by atoms with E-state index in [4.69, 9.17) is 4.74 Å². The van der Waals surface area contributed by atoms with Gasteiger partial charge in [-0.15, -0.1) is 11.3 Å². The van der Waals surface area contributed by atoms with Gasteiger partial charge in [0.25, 0.3) is 5.91 Å². The van der Waals surface area contributed by atoms with Crippen LogP contribution < -0.4 is 14.9 Å². The summed E-state index contributed by atoms with van der Waals surface area (Å²) < 4.78 is 47.7. The maximum Gasteiger partial charge on any atom is 0.446 e. The molecule has 0 atom stereocenters. The molecular weight excluding hydrogens is 561 g/mol. The quantitative estimate of drug-likeness (QED) is 0.373. The first-order valence-corrected chi connectivity index (χ1v) is 13.8. The van der Waals surface area contributed by atoms with Crippen LogP contribution in [0.15, 0.2) is 70.5 Å². The maximum absolute atomic E-state index is 12.7. The molecule has 0 aliphatic carbocycles. The van der Waals surface area contributed by atoms with Crippen LogP contribution >= 0.6 is 35.2 Å². The zero-order valence-corrected chi connectivity index (χ0v) is 22.1. The van der Waals surface area contributed by atoms with E-state index in [0.717, 1.165) is 5.70 Å². The predicted molar refractivity (Wildman–Crippen MR) is 140 cm³/mol. The van der Waals surface area contributed by atoms with Crippen molar-refractivity contribution in [1.29, 1.82) is 0 Å². The van der Waals surface area contributed by atoms with E-state index in [2.05, 4.69) is 15.0 Å². The van der Waals surface area contributed by atoms with Gasteiger partial charge >= 0.3 is 11.6 Å². The summed E-state index contributed by atoms with van der Waals surface area (Å²) in [5.74, 6) is -0.302. The minimum Gasteiger partial charge on any atom is -0.445 e. The van der Waals surface area contributed by atoms with E-state index in [0.29, 0.717) is 48.3 Å². The van der Waals surface area contributed by atoms with Crippen molar-refractivity contribution in [3.63, 3.8) is 0 Å². The Labute approximate surface area is 228 Å². The SMILES string of the molecule is O=C(NC1=CC2=CNSN2C=C1)c1csc(N2CCN(C(=O)OCc3ccc(SC(F)(F)F)cc3)CC2)n1. The lowest BCUT2D eigenvalue weighted by Gasteiger charge is -2.33. The van der Waals surface area contributed by atoms with Gasteiger partial charge in [-0.3, -0.25) is 9.10 Å². The summed E-state index contributed by atoms with van der Waals surface area (Å²) in [6.07, 6.45) is 6.88. The number of anilines is 1. The molecule has 2 N–H and O–H groups in total. The van der Waals surface area contributed by atoms with Crippen molar-refractivity contribution in [2.75, 3.05) is 31.1 Å². The highest BCUT2D eigenvalue weighted by atomic mass is 32.2. The first kappa shape index (κ1) is 26.3. The number of alkyl halides is 3. The van der Waals surface area contributed by atoms with Crippen LogP contribution in [0, 0.1) is 0 Å². The van der Waals surface area contributed by atoms with Gasteiger partial charge in [0.2, 0.25) is 0 Å². The van der Waals surface area contributed by atoms with Gasteiger partial charge in [-0.2, -0.15) is 13.2 Å². The molecule has 15 heteroatoms. The van der Waals surface area contributed by atoms with Crippen LogP contribution in [-0.4, -0.2) is 57.9 Å². The molecule has 4 heterocycles. The number of fused-ring (bicyclic) bond motifs is 1. The first-order valence-electron chi connectivity index (χ1n) is 11.3. The fourth-order valence-corrected chi connectivity index (χ4v) is 5.75. The van der Waals surface area contributed by atoms with Gasteiger partial charge in [-0.25, -0.2) is 9.78 Å². The van der Waals surface area contributed by atoms with E-state index in [9.17, 15) is 22.8 Å². The predicted octanol–water partition coefficient (Wildman–Crippen LogP) is 4.66. The van der Waals surface area contributed by atoms with Crippen molar-refractivity contribution >= 4 is 52.4 Å². The average Bonchev–Trinajstić information content (AvgIpc) is 3.57. The summed E-state index contributed by atoms with van der Waals surface area (Å²) >= 11 is 2.60. The minimum atomic E-state index is -4.35. The summed E-state index contributed by atoms with van der Waals surface area (Å²) in [7, 11) is 0. The highest BCUT2D eigenvalue weighted by Gasteiger charge is 2.29. The average molecular weight is 583 g/mol. The number of piperazine rings is 1. The lowest BCUT2D eigenvalue weighted by Crippen LogP contribution is -2.49. The van der Waals surface area contributed by atoms with Crippen molar-refractivity contribution in [3.8, 4) is 0 Å². The zero-order chi connectivity index (χ0) is 26.7. The maximum atomic E-state index is 12.7. The largest absolute Gasteiger partial charge is 0.446 e. The van der Waals surface area contributed by atoms with Crippen LogP contribution in [0.4, 0.5) is 23.1 Å². The second-order valence-electron chi connectivity index (χ2n) is 8.21. The highest BCUT2D eigenvalue weighted by Crippen LogP contribution is 2.36. The molecule has 200 valence electrons. The van der Waals surface area contributed by atoms with Gasteiger partial charge in [0.05, 0.1) is 17.8 Å². The Morgan fingerprint density at radius 2 is 1.92 bits per heavy atom. The number of amides is 2. The molecule has 0 unspecified atom stereocenters. The van der Waals surface area contributed by atoms with Gasteiger partial charge in [0.15, 0.2) is 5.13 Å². The number of carbonyl (C=O) groups excluding carboxylic acids is 2. The lowest BCUT2D eigenvalue weighted by atomic mass is 10.2. The number of thioether (sulfide) groups is 1. The Morgan fingerprint density at radius 3 is 2.66 bits per heavy atom. The second kappa shape index (κ2) is 11.2. The second-order valence-corrected chi connectivity index (χ2v) is 11.0. The molecule has 5 rings (SSSR count). The van der Waals surface area contributed by atoms with E-state index in [1.807, 2.05) is 33.8 Å². The van der Waals surface area contributed by atoms with Crippen LogP contribution in [0.1, 0.15) is 16.1 Å². The third-order valence-electron chi connectivity index (χ3n) is 5.62. The van der Waals surface area contributed by atoms with E-state index in [1.165, 1.54) is 47.7 Å². The number of benzene rings is 1. The number of ether oxygens (including phenoxy) is 1. The third-order valence-corrected chi connectivity index (χ3v) is 8.01. The van der Waals surface area contributed by atoms with Crippen LogP contribution in [0.3, 0.4) is 0 Å². The summed E-state index contributed by atoms with van der Waals surface area (Å²) in [6.45, 7) is 1.84. The number of nitrogens with zero attached hydrogens (tertiary/aromatic N) is 4. The zero-order valence-electron chi connectivity index (χ0n) is 19.6. The molecule has 3 aliphatic rings. The first-order chi connectivity index (χ1) is 18.2. The fraction of sp³-hybridized carbons (Fsp3) is 0.261. The molecule has 3 aliphatic heterocycles. The molecular formula is C23H21F3N6O3S3. The van der Waals surface area contributed by atoms with Crippen molar-refractivity contribution in [3.05, 3.63) is 76.8 Å². The van der Waals surface area contributed by atoms with Crippen molar-refractivity contribution < 1.29 is 27.5 Å².